The summed E-state index contributed by atoms with van der Waals surface area (Å²) in [5.41, 5.74) is 0.720. The van der Waals surface area contributed by atoms with Crippen LogP contribution >= 0.6 is 0 Å². The summed E-state index contributed by atoms with van der Waals surface area (Å²) in [5.74, 6) is 0.0648. The molecular weight excluding hydrogens is 340 g/mol. The number of rotatable bonds is 3. The number of fused-ring (bicyclic) bond motifs is 1. The summed E-state index contributed by atoms with van der Waals surface area (Å²) in [6.07, 6.45) is 3.47. The average molecular weight is 362 g/mol. The first kappa shape index (κ1) is 17.3. The van der Waals surface area contributed by atoms with E-state index in [0.29, 0.717) is 26.2 Å². The van der Waals surface area contributed by atoms with E-state index < -0.39 is 0 Å². The molecule has 4 rings (SSSR count). The Morgan fingerprint density at radius 3 is 2.37 bits per heavy atom. The molecule has 1 atom stereocenters. The van der Waals surface area contributed by atoms with E-state index in [-0.39, 0.29) is 17.9 Å². The Balaban J connectivity index is 1.44. The second kappa shape index (κ2) is 7.23. The minimum Gasteiger partial charge on any atom is -0.337 e. The van der Waals surface area contributed by atoms with Gasteiger partial charge in [0.25, 0.3) is 5.91 Å². The third kappa shape index (κ3) is 3.30. The van der Waals surface area contributed by atoms with Crippen molar-refractivity contribution in [1.29, 1.82) is 0 Å². The first-order valence-corrected chi connectivity index (χ1v) is 9.20. The smallest absolute Gasteiger partial charge is 0.254 e. The minimum atomic E-state index is -0.333. The highest BCUT2D eigenvalue weighted by Gasteiger charge is 2.28. The van der Waals surface area contributed by atoms with Gasteiger partial charge < -0.3 is 9.80 Å². The van der Waals surface area contributed by atoms with Crippen LogP contribution < -0.4 is 0 Å². The first-order chi connectivity index (χ1) is 13.1. The van der Waals surface area contributed by atoms with Crippen LogP contribution in [0.15, 0.2) is 60.9 Å². The number of carbonyl (C=O) groups is 2. The summed E-state index contributed by atoms with van der Waals surface area (Å²) in [5, 5.41) is 6.18. The summed E-state index contributed by atoms with van der Waals surface area (Å²) >= 11 is 0. The molecule has 0 aliphatic carbocycles. The maximum atomic E-state index is 13.0. The molecule has 0 radical (unpaired) electrons. The zero-order valence-electron chi connectivity index (χ0n) is 15.3. The molecule has 1 aliphatic rings. The summed E-state index contributed by atoms with van der Waals surface area (Å²) in [6.45, 7) is 4.02. The minimum absolute atomic E-state index is 0.0269. The van der Waals surface area contributed by atoms with Crippen molar-refractivity contribution < 1.29 is 9.59 Å². The van der Waals surface area contributed by atoms with Crippen molar-refractivity contribution in [3.05, 3.63) is 66.5 Å². The molecule has 2 heterocycles. The van der Waals surface area contributed by atoms with Crippen molar-refractivity contribution in [3.63, 3.8) is 0 Å². The van der Waals surface area contributed by atoms with Gasteiger partial charge in [0.2, 0.25) is 5.91 Å². The summed E-state index contributed by atoms with van der Waals surface area (Å²) in [6, 6.07) is 15.2. The van der Waals surface area contributed by atoms with Crippen molar-refractivity contribution in [2.24, 2.45) is 0 Å². The van der Waals surface area contributed by atoms with E-state index in [1.807, 2.05) is 65.3 Å². The fourth-order valence-electron chi connectivity index (χ4n) is 3.60. The monoisotopic (exact) mass is 362 g/mol. The lowest BCUT2D eigenvalue weighted by molar-refractivity contribution is -0.136. The Hall–Kier alpha value is -3.15. The molecule has 0 bridgehead atoms. The Bertz CT molecular complexity index is 954. The lowest BCUT2D eigenvalue weighted by Gasteiger charge is -2.36. The van der Waals surface area contributed by atoms with Gasteiger partial charge in [-0.05, 0) is 29.8 Å². The van der Waals surface area contributed by atoms with Gasteiger partial charge in [-0.3, -0.25) is 14.3 Å². The predicted molar refractivity (Wildman–Crippen MR) is 103 cm³/mol. The molecule has 2 aromatic carbocycles. The molecule has 1 aromatic heterocycles. The van der Waals surface area contributed by atoms with E-state index in [1.54, 1.807) is 17.1 Å². The molecular formula is C21H22N4O2. The van der Waals surface area contributed by atoms with Gasteiger partial charge >= 0.3 is 0 Å². The van der Waals surface area contributed by atoms with Gasteiger partial charge in [-0.15, -0.1) is 0 Å². The van der Waals surface area contributed by atoms with Crippen molar-refractivity contribution in [2.75, 3.05) is 26.2 Å². The van der Waals surface area contributed by atoms with Gasteiger partial charge in [0.1, 0.15) is 6.04 Å². The van der Waals surface area contributed by atoms with Crippen LogP contribution in [0, 0.1) is 0 Å². The molecule has 1 unspecified atom stereocenters. The van der Waals surface area contributed by atoms with Gasteiger partial charge in [-0.25, -0.2) is 0 Å². The lowest BCUT2D eigenvalue weighted by Crippen LogP contribution is -2.52. The van der Waals surface area contributed by atoms with E-state index in [1.165, 1.54) is 0 Å². The predicted octanol–water partition coefficient (Wildman–Crippen LogP) is 2.58. The number of amides is 2. The number of nitrogens with zero attached hydrogens (tertiary/aromatic N) is 4. The molecule has 1 saturated heterocycles. The van der Waals surface area contributed by atoms with Crippen LogP contribution in [0.2, 0.25) is 0 Å². The normalized spacial score (nSPS) is 15.7. The maximum absolute atomic E-state index is 13.0. The van der Waals surface area contributed by atoms with E-state index >= 15 is 0 Å². The van der Waals surface area contributed by atoms with Gasteiger partial charge in [0, 0.05) is 44.1 Å². The zero-order chi connectivity index (χ0) is 18.8. The quantitative estimate of drug-likeness (QED) is 0.720. The van der Waals surface area contributed by atoms with Crippen molar-refractivity contribution in [3.8, 4) is 0 Å². The number of hydrogen-bond donors (Lipinski definition) is 0. The van der Waals surface area contributed by atoms with Gasteiger partial charge in [0.15, 0.2) is 0 Å². The lowest BCUT2D eigenvalue weighted by atomic mass is 10.0. The molecule has 6 heteroatoms. The van der Waals surface area contributed by atoms with Crippen LogP contribution in [0.5, 0.6) is 0 Å². The Morgan fingerprint density at radius 1 is 0.926 bits per heavy atom. The van der Waals surface area contributed by atoms with Crippen molar-refractivity contribution >= 4 is 22.6 Å². The second-order valence-corrected chi connectivity index (χ2v) is 6.81. The molecule has 0 saturated carbocycles. The third-order valence-corrected chi connectivity index (χ3v) is 5.18. The van der Waals surface area contributed by atoms with Crippen molar-refractivity contribution in [1.82, 2.24) is 19.6 Å². The van der Waals surface area contributed by atoms with E-state index in [2.05, 4.69) is 5.10 Å². The standard InChI is InChI=1S/C21H22N4O2/c1-16(25-11-5-10-22-25)20(26)23-12-14-24(15-13-23)21(27)19-9-4-7-17-6-2-3-8-18(17)19/h2-11,16H,12-15H2,1H3. The van der Waals surface area contributed by atoms with Crippen LogP contribution in [0.25, 0.3) is 10.8 Å². The zero-order valence-corrected chi connectivity index (χ0v) is 15.3. The molecule has 6 nitrogen and oxygen atoms in total. The first-order valence-electron chi connectivity index (χ1n) is 9.20. The third-order valence-electron chi connectivity index (χ3n) is 5.18. The average Bonchev–Trinajstić information content (AvgIpc) is 3.27. The topological polar surface area (TPSA) is 58.4 Å². The second-order valence-electron chi connectivity index (χ2n) is 6.81. The Morgan fingerprint density at radius 2 is 1.63 bits per heavy atom. The fraction of sp³-hybridized carbons (Fsp3) is 0.286. The van der Waals surface area contributed by atoms with Crippen LogP contribution in [0.3, 0.4) is 0 Å². The highest BCUT2D eigenvalue weighted by molar-refractivity contribution is 6.07. The largest absolute Gasteiger partial charge is 0.337 e. The van der Waals surface area contributed by atoms with E-state index in [0.717, 1.165) is 16.3 Å². The molecule has 0 spiro atoms. The molecule has 0 N–H and O–H groups in total. The number of aromatic nitrogens is 2. The van der Waals surface area contributed by atoms with E-state index in [4.69, 9.17) is 0 Å². The maximum Gasteiger partial charge on any atom is 0.254 e. The highest BCUT2D eigenvalue weighted by Crippen LogP contribution is 2.21. The Kier molecular flexibility index (Phi) is 4.62. The SMILES string of the molecule is CC(C(=O)N1CCN(C(=O)c2cccc3ccccc23)CC1)n1cccn1. The van der Waals surface area contributed by atoms with Gasteiger partial charge in [-0.2, -0.15) is 5.10 Å². The van der Waals surface area contributed by atoms with Crippen LogP contribution in [0.4, 0.5) is 0 Å². The molecule has 138 valence electrons. The summed E-state index contributed by atoms with van der Waals surface area (Å²) < 4.78 is 1.66. The summed E-state index contributed by atoms with van der Waals surface area (Å²) in [7, 11) is 0. The molecule has 27 heavy (non-hydrogen) atoms. The van der Waals surface area contributed by atoms with Crippen LogP contribution in [-0.2, 0) is 4.79 Å². The van der Waals surface area contributed by atoms with Gasteiger partial charge in [0.05, 0.1) is 0 Å². The number of carbonyl (C=O) groups excluding carboxylic acids is 2. The van der Waals surface area contributed by atoms with Crippen LogP contribution in [-0.4, -0.2) is 57.6 Å². The number of hydrogen-bond acceptors (Lipinski definition) is 3. The molecule has 1 fully saturated rings. The van der Waals surface area contributed by atoms with E-state index in [9.17, 15) is 9.59 Å². The number of piperazine rings is 1. The van der Waals surface area contributed by atoms with Crippen molar-refractivity contribution in [2.45, 2.75) is 13.0 Å². The fourth-order valence-corrected chi connectivity index (χ4v) is 3.60. The highest BCUT2D eigenvalue weighted by atomic mass is 16.2. The number of benzene rings is 2. The Labute approximate surface area is 158 Å². The van der Waals surface area contributed by atoms with Gasteiger partial charge in [-0.1, -0.05) is 36.4 Å². The van der Waals surface area contributed by atoms with Crippen LogP contribution in [0.1, 0.15) is 23.3 Å². The summed E-state index contributed by atoms with van der Waals surface area (Å²) in [4.78, 5) is 29.4. The molecule has 3 aromatic rings. The molecule has 1 aliphatic heterocycles. The molecule has 2 amide bonds.